The van der Waals surface area contributed by atoms with Gasteiger partial charge in [-0.2, -0.15) is 0 Å². The van der Waals surface area contributed by atoms with E-state index < -0.39 is 5.97 Å². The first-order valence-electron chi connectivity index (χ1n) is 14.5. The third-order valence-electron chi connectivity index (χ3n) is 6.35. The van der Waals surface area contributed by atoms with Crippen LogP contribution in [0.4, 0.5) is 0 Å². The summed E-state index contributed by atoms with van der Waals surface area (Å²) in [4.78, 5) is 29.8. The number of halogens is 3. The van der Waals surface area contributed by atoms with E-state index >= 15 is 0 Å². The molecule has 2 N–H and O–H groups in total. The van der Waals surface area contributed by atoms with Crippen LogP contribution in [0.5, 0.6) is 11.5 Å². The monoisotopic (exact) mass is 754 g/mol. The Hall–Kier alpha value is -4.45. The summed E-state index contributed by atoms with van der Waals surface area (Å²) in [6.07, 6.45) is 0. The number of aromatic nitrogens is 2. The summed E-state index contributed by atoms with van der Waals surface area (Å²) in [5.41, 5.74) is 5.06. The van der Waals surface area contributed by atoms with E-state index in [2.05, 4.69) is 9.97 Å². The fraction of sp³-hybridized carbons (Fsp3) is 0.111. The topological polar surface area (TPSA) is 119 Å². The third kappa shape index (κ3) is 11.9. The number of hydrogen-bond acceptors (Lipinski definition) is 9. The SMILES string of the molecule is CCOC(=O)c1nc(CCl)cs1.O=C(O)c1csc(COc2ccc(-c3ccc(Cl)cc3)cc2)n1.Oc1ccc(-c2ccc(Cl)cc2)cc1. The maximum atomic E-state index is 11.1. The number of carbonyl (C=O) groups excluding carboxylic acids is 1. The van der Waals surface area contributed by atoms with E-state index in [1.165, 1.54) is 28.1 Å². The number of aromatic hydroxyl groups is 1. The quantitative estimate of drug-likeness (QED) is 0.111. The van der Waals surface area contributed by atoms with E-state index in [1.54, 1.807) is 24.4 Å². The highest BCUT2D eigenvalue weighted by Crippen LogP contribution is 2.25. The summed E-state index contributed by atoms with van der Waals surface area (Å²) < 4.78 is 10.4. The molecule has 0 aliphatic rings. The van der Waals surface area contributed by atoms with E-state index in [4.69, 9.17) is 54.5 Å². The molecule has 0 bridgehead atoms. The number of aromatic carboxylic acids is 1. The molecule has 0 fully saturated rings. The molecule has 4 aromatic carbocycles. The molecule has 0 atom stereocenters. The number of alkyl halides is 1. The van der Waals surface area contributed by atoms with Crippen LogP contribution in [0.2, 0.25) is 10.0 Å². The van der Waals surface area contributed by atoms with E-state index in [0.29, 0.717) is 39.0 Å². The van der Waals surface area contributed by atoms with Gasteiger partial charge in [-0.3, -0.25) is 0 Å². The van der Waals surface area contributed by atoms with E-state index in [0.717, 1.165) is 27.3 Å². The molecule has 0 aliphatic heterocycles. The van der Waals surface area contributed by atoms with Crippen LogP contribution in [0.25, 0.3) is 22.3 Å². The molecule has 0 saturated carbocycles. The van der Waals surface area contributed by atoms with Gasteiger partial charge in [-0.15, -0.1) is 34.3 Å². The van der Waals surface area contributed by atoms with Crippen LogP contribution in [0, 0.1) is 0 Å². The van der Waals surface area contributed by atoms with Gasteiger partial charge in [-0.25, -0.2) is 19.6 Å². The van der Waals surface area contributed by atoms with Crippen molar-refractivity contribution in [2.24, 2.45) is 0 Å². The summed E-state index contributed by atoms with van der Waals surface area (Å²) in [6.45, 7) is 2.38. The normalized spacial score (nSPS) is 10.2. The van der Waals surface area contributed by atoms with Crippen molar-refractivity contribution in [2.45, 2.75) is 19.4 Å². The zero-order valence-electron chi connectivity index (χ0n) is 25.9. The lowest BCUT2D eigenvalue weighted by Crippen LogP contribution is -2.03. The highest BCUT2D eigenvalue weighted by molar-refractivity contribution is 7.11. The first-order valence-corrected chi connectivity index (χ1v) is 17.6. The van der Waals surface area contributed by atoms with Crippen LogP contribution in [0.1, 0.15) is 37.9 Å². The maximum absolute atomic E-state index is 11.1. The Morgan fingerprint density at radius 1 is 0.735 bits per heavy atom. The molecule has 13 heteroatoms. The standard InChI is InChI=1S/C17H12ClNO3S.C12H9ClO.C7H8ClNO2S/c18-13-5-1-11(2-6-13)12-3-7-14(8-4-12)22-9-16-19-15(10-23-16)17(20)21;13-11-5-1-9(2-6-11)10-3-7-12(14)8-4-10;1-2-11-7(10)6-9-5(3-8)4-12-6/h1-8,10H,9H2,(H,20,21);1-8,14H;4H,2-3H2,1H3. The van der Waals surface area contributed by atoms with E-state index in [9.17, 15) is 9.59 Å². The number of benzene rings is 4. The van der Waals surface area contributed by atoms with Gasteiger partial charge in [0, 0.05) is 20.8 Å². The first-order chi connectivity index (χ1) is 23.6. The average molecular weight is 756 g/mol. The summed E-state index contributed by atoms with van der Waals surface area (Å²) in [6, 6.07) is 30.0. The Bertz CT molecular complexity index is 1890. The van der Waals surface area contributed by atoms with Crippen molar-refractivity contribution in [2.75, 3.05) is 6.61 Å². The Kier molecular flexibility index (Phi) is 14.4. The summed E-state index contributed by atoms with van der Waals surface area (Å²) in [5, 5.41) is 23.6. The number of nitrogens with zero attached hydrogens (tertiary/aromatic N) is 2. The second-order valence-corrected chi connectivity index (χ2v) is 12.7. The molecule has 0 amide bonds. The van der Waals surface area contributed by atoms with Crippen molar-refractivity contribution < 1.29 is 29.3 Å². The largest absolute Gasteiger partial charge is 0.508 e. The lowest BCUT2D eigenvalue weighted by atomic mass is 10.1. The summed E-state index contributed by atoms with van der Waals surface area (Å²) in [7, 11) is 0. The van der Waals surface area contributed by atoms with Gasteiger partial charge in [-0.05, 0) is 77.7 Å². The number of rotatable bonds is 9. The maximum Gasteiger partial charge on any atom is 0.367 e. The molecule has 2 heterocycles. The number of carbonyl (C=O) groups is 2. The predicted molar refractivity (Wildman–Crippen MR) is 196 cm³/mol. The highest BCUT2D eigenvalue weighted by atomic mass is 35.5. The van der Waals surface area contributed by atoms with Crippen LogP contribution in [0.3, 0.4) is 0 Å². The molecule has 0 spiro atoms. The van der Waals surface area contributed by atoms with Crippen molar-refractivity contribution in [3.63, 3.8) is 0 Å². The van der Waals surface area contributed by atoms with Crippen LogP contribution < -0.4 is 4.74 Å². The fourth-order valence-corrected chi connectivity index (χ4v) is 5.83. The summed E-state index contributed by atoms with van der Waals surface area (Å²) >= 11 is 19.7. The van der Waals surface area contributed by atoms with Crippen LogP contribution in [-0.2, 0) is 17.2 Å². The van der Waals surface area contributed by atoms with Gasteiger partial charge in [-0.1, -0.05) is 71.7 Å². The summed E-state index contributed by atoms with van der Waals surface area (Å²) in [5.74, 6) is -0.0909. The Morgan fingerprint density at radius 2 is 1.24 bits per heavy atom. The Labute approximate surface area is 306 Å². The number of hydrogen-bond donors (Lipinski definition) is 2. The van der Waals surface area contributed by atoms with Gasteiger partial charge in [0.05, 0.1) is 18.2 Å². The third-order valence-corrected chi connectivity index (χ3v) is 8.82. The van der Waals surface area contributed by atoms with Gasteiger partial charge >= 0.3 is 11.9 Å². The molecule has 0 saturated heterocycles. The molecule has 49 heavy (non-hydrogen) atoms. The minimum absolute atomic E-state index is 0.0479. The average Bonchev–Trinajstić information content (AvgIpc) is 3.80. The van der Waals surface area contributed by atoms with Gasteiger partial charge < -0.3 is 19.7 Å². The number of phenols is 1. The van der Waals surface area contributed by atoms with E-state index in [1.807, 2.05) is 84.9 Å². The number of carboxylic acid groups (broad SMARTS) is 1. The highest BCUT2D eigenvalue weighted by Gasteiger charge is 2.11. The molecule has 6 rings (SSSR count). The van der Waals surface area contributed by atoms with Crippen LogP contribution >= 0.6 is 57.5 Å². The van der Waals surface area contributed by atoms with Crippen molar-refractivity contribution in [1.82, 2.24) is 9.97 Å². The lowest BCUT2D eigenvalue weighted by Gasteiger charge is -2.06. The van der Waals surface area contributed by atoms with Gasteiger partial charge in [0.15, 0.2) is 5.69 Å². The Morgan fingerprint density at radius 3 is 1.69 bits per heavy atom. The number of phenolic OH excluding ortho intramolecular Hbond substituents is 1. The number of ether oxygens (including phenoxy) is 2. The minimum Gasteiger partial charge on any atom is -0.508 e. The Balaban J connectivity index is 0.000000178. The molecule has 0 radical (unpaired) electrons. The second kappa shape index (κ2) is 18.9. The number of esters is 1. The number of carboxylic acids is 1. The van der Waals surface area contributed by atoms with Crippen molar-refractivity contribution in [3.05, 3.63) is 139 Å². The molecule has 252 valence electrons. The minimum atomic E-state index is -1.03. The lowest BCUT2D eigenvalue weighted by molar-refractivity contribution is 0.0525. The van der Waals surface area contributed by atoms with E-state index in [-0.39, 0.29) is 24.0 Å². The van der Waals surface area contributed by atoms with Gasteiger partial charge in [0.25, 0.3) is 0 Å². The molecular formula is C36H29Cl3N2O6S2. The molecule has 2 aromatic heterocycles. The van der Waals surface area contributed by atoms with Crippen molar-refractivity contribution in [1.29, 1.82) is 0 Å². The first kappa shape index (κ1) is 37.4. The molecule has 8 nitrogen and oxygen atoms in total. The molecule has 6 aromatic rings. The zero-order chi connectivity index (χ0) is 35.2. The van der Waals surface area contributed by atoms with Crippen molar-refractivity contribution >= 4 is 69.4 Å². The fourth-order valence-electron chi connectivity index (χ4n) is 3.96. The van der Waals surface area contributed by atoms with Crippen LogP contribution in [-0.4, -0.2) is 38.7 Å². The number of thiazole rings is 2. The predicted octanol–water partition coefficient (Wildman–Crippen LogP) is 10.5. The smallest absolute Gasteiger partial charge is 0.367 e. The molecule has 0 unspecified atom stereocenters. The second-order valence-electron chi connectivity index (χ2n) is 9.80. The van der Waals surface area contributed by atoms with Crippen LogP contribution in [0.15, 0.2) is 108 Å². The molecular weight excluding hydrogens is 727 g/mol. The zero-order valence-corrected chi connectivity index (χ0v) is 29.8. The van der Waals surface area contributed by atoms with Gasteiger partial charge in [0.1, 0.15) is 23.1 Å². The van der Waals surface area contributed by atoms with Gasteiger partial charge in [0.2, 0.25) is 5.01 Å². The van der Waals surface area contributed by atoms with Crippen molar-refractivity contribution in [3.8, 4) is 33.8 Å². The molecule has 0 aliphatic carbocycles.